The molecule has 8 heteroatoms. The number of amides is 1. The zero-order chi connectivity index (χ0) is 17.9. The van der Waals surface area contributed by atoms with Crippen molar-refractivity contribution in [1.29, 1.82) is 0 Å². The molecule has 140 valence electrons. The Labute approximate surface area is 157 Å². The van der Waals surface area contributed by atoms with E-state index in [1.165, 1.54) is 32.1 Å². The summed E-state index contributed by atoms with van der Waals surface area (Å²) in [6.45, 7) is 2.60. The first-order valence-electron chi connectivity index (χ1n) is 9.53. The van der Waals surface area contributed by atoms with E-state index < -0.39 is 0 Å². The van der Waals surface area contributed by atoms with E-state index in [0.29, 0.717) is 11.6 Å². The zero-order valence-corrected chi connectivity index (χ0v) is 16.1. The van der Waals surface area contributed by atoms with Crippen LogP contribution in [0.2, 0.25) is 0 Å². The second-order valence-electron chi connectivity index (χ2n) is 7.22. The van der Waals surface area contributed by atoms with Crippen molar-refractivity contribution in [1.82, 2.24) is 25.1 Å². The van der Waals surface area contributed by atoms with Gasteiger partial charge in [-0.15, -0.1) is 0 Å². The summed E-state index contributed by atoms with van der Waals surface area (Å²) in [6, 6.07) is 0. The predicted molar refractivity (Wildman–Crippen MR) is 105 cm³/mol. The van der Waals surface area contributed by atoms with Crippen LogP contribution in [0.5, 0.6) is 0 Å². The summed E-state index contributed by atoms with van der Waals surface area (Å²) in [5, 5.41) is 8.38. The number of anilines is 1. The average molecular weight is 375 g/mol. The van der Waals surface area contributed by atoms with Gasteiger partial charge < -0.3 is 10.2 Å². The van der Waals surface area contributed by atoms with Gasteiger partial charge in [-0.2, -0.15) is 16.9 Å². The van der Waals surface area contributed by atoms with Gasteiger partial charge in [0.25, 0.3) is 5.91 Å². The highest BCUT2D eigenvalue weighted by Gasteiger charge is 2.22. The molecule has 2 aliphatic rings. The van der Waals surface area contributed by atoms with Crippen molar-refractivity contribution in [3.8, 4) is 0 Å². The molecule has 3 heterocycles. The van der Waals surface area contributed by atoms with Gasteiger partial charge in [-0.3, -0.25) is 9.48 Å². The lowest BCUT2D eigenvalue weighted by Gasteiger charge is -2.28. The molecule has 7 nitrogen and oxygen atoms in total. The predicted octanol–water partition coefficient (Wildman–Crippen LogP) is 2.23. The third-order valence-corrected chi connectivity index (χ3v) is 6.21. The first kappa shape index (κ1) is 17.6. The Morgan fingerprint density at radius 1 is 1.23 bits per heavy atom. The number of rotatable bonds is 4. The molecule has 26 heavy (non-hydrogen) atoms. The second-order valence-corrected chi connectivity index (χ2v) is 8.45. The summed E-state index contributed by atoms with van der Waals surface area (Å²) in [6.07, 6.45) is 8.22. The van der Waals surface area contributed by atoms with Crippen molar-refractivity contribution in [2.24, 2.45) is 13.0 Å². The first-order valence-corrected chi connectivity index (χ1v) is 10.7. The van der Waals surface area contributed by atoms with E-state index >= 15 is 0 Å². The summed E-state index contributed by atoms with van der Waals surface area (Å²) in [4.78, 5) is 24.0. The van der Waals surface area contributed by atoms with Gasteiger partial charge in [0.05, 0.1) is 5.39 Å². The van der Waals surface area contributed by atoms with E-state index in [2.05, 4.69) is 25.3 Å². The molecule has 4 rings (SSSR count). The summed E-state index contributed by atoms with van der Waals surface area (Å²) in [7, 11) is 1.88. The number of aryl methyl sites for hydroxylation is 1. The molecule has 1 aliphatic carbocycles. The van der Waals surface area contributed by atoms with E-state index in [-0.39, 0.29) is 11.7 Å². The number of carbonyl (C=O) groups excluding carboxylic acids is 1. The fourth-order valence-electron chi connectivity index (χ4n) is 3.83. The molecule has 1 saturated heterocycles. The van der Waals surface area contributed by atoms with E-state index in [1.807, 2.05) is 25.0 Å². The van der Waals surface area contributed by atoms with E-state index in [1.54, 1.807) is 4.68 Å². The highest BCUT2D eigenvalue weighted by Crippen LogP contribution is 2.26. The van der Waals surface area contributed by atoms with Gasteiger partial charge in [0, 0.05) is 44.4 Å². The molecule has 0 bridgehead atoms. The van der Waals surface area contributed by atoms with E-state index in [0.717, 1.165) is 42.3 Å². The monoisotopic (exact) mass is 374 g/mol. The third-order valence-electron chi connectivity index (χ3n) is 5.26. The first-order chi connectivity index (χ1) is 12.7. The highest BCUT2D eigenvalue weighted by molar-refractivity contribution is 7.99. The maximum Gasteiger partial charge on any atom is 0.289 e. The van der Waals surface area contributed by atoms with Crippen LogP contribution in [-0.2, 0) is 7.05 Å². The van der Waals surface area contributed by atoms with Crippen LogP contribution in [0.1, 0.15) is 42.7 Å². The molecular formula is C18H26N6OS. The minimum Gasteiger partial charge on any atom is -0.354 e. The van der Waals surface area contributed by atoms with Crippen LogP contribution >= 0.6 is 11.8 Å². The Bertz CT molecular complexity index is 779. The molecular weight excluding hydrogens is 348 g/mol. The molecule has 0 atom stereocenters. The Balaban J connectivity index is 1.56. The molecule has 2 fully saturated rings. The molecule has 1 N–H and O–H groups in total. The Hall–Kier alpha value is -1.83. The SMILES string of the molecule is Cn1cc2c(N3CCSCC3)nc(C(=O)NCC3CCCCC3)nc2n1. The topological polar surface area (TPSA) is 75.9 Å². The Morgan fingerprint density at radius 3 is 2.77 bits per heavy atom. The largest absolute Gasteiger partial charge is 0.354 e. The number of aromatic nitrogens is 4. The van der Waals surface area contributed by atoms with Gasteiger partial charge in [0.2, 0.25) is 5.82 Å². The van der Waals surface area contributed by atoms with Crippen LogP contribution in [0.15, 0.2) is 6.20 Å². The van der Waals surface area contributed by atoms with Crippen LogP contribution < -0.4 is 10.2 Å². The minimum absolute atomic E-state index is 0.184. The summed E-state index contributed by atoms with van der Waals surface area (Å²) in [5.74, 6) is 3.64. The fraction of sp³-hybridized carbons (Fsp3) is 0.667. The van der Waals surface area contributed by atoms with Crippen LogP contribution in [0.25, 0.3) is 11.0 Å². The van der Waals surface area contributed by atoms with Crippen LogP contribution in [0.4, 0.5) is 5.82 Å². The molecule has 0 aromatic carbocycles. The van der Waals surface area contributed by atoms with Crippen molar-refractivity contribution < 1.29 is 4.79 Å². The number of thioether (sulfide) groups is 1. The van der Waals surface area contributed by atoms with Crippen molar-refractivity contribution in [2.45, 2.75) is 32.1 Å². The van der Waals surface area contributed by atoms with Gasteiger partial charge in [-0.05, 0) is 18.8 Å². The molecule has 0 radical (unpaired) electrons. The fourth-order valence-corrected chi connectivity index (χ4v) is 4.73. The molecule has 1 aliphatic heterocycles. The van der Waals surface area contributed by atoms with Crippen molar-refractivity contribution in [2.75, 3.05) is 36.0 Å². The summed E-state index contributed by atoms with van der Waals surface area (Å²) in [5.41, 5.74) is 0.596. The standard InChI is InChI=1S/C18H26N6OS/c1-23-12-14-15(22-23)20-16(21-17(14)24-7-9-26-10-8-24)18(25)19-11-13-5-3-2-4-6-13/h12-13H,2-11H2,1H3,(H,19,25). The molecule has 0 unspecified atom stereocenters. The van der Waals surface area contributed by atoms with Crippen LogP contribution in [0.3, 0.4) is 0 Å². The van der Waals surface area contributed by atoms with Gasteiger partial charge in [0.1, 0.15) is 5.82 Å². The molecule has 1 amide bonds. The van der Waals surface area contributed by atoms with Crippen molar-refractivity contribution in [3.05, 3.63) is 12.0 Å². The molecule has 0 spiro atoms. The molecule has 1 saturated carbocycles. The smallest absolute Gasteiger partial charge is 0.289 e. The lowest BCUT2D eigenvalue weighted by atomic mass is 9.89. The average Bonchev–Trinajstić information content (AvgIpc) is 3.07. The third kappa shape index (κ3) is 3.79. The number of nitrogens with one attached hydrogen (secondary N) is 1. The van der Waals surface area contributed by atoms with Gasteiger partial charge in [0.15, 0.2) is 5.65 Å². The van der Waals surface area contributed by atoms with Crippen LogP contribution in [-0.4, -0.2) is 56.8 Å². The molecule has 2 aromatic heterocycles. The lowest BCUT2D eigenvalue weighted by molar-refractivity contribution is 0.0933. The summed E-state index contributed by atoms with van der Waals surface area (Å²) >= 11 is 1.95. The van der Waals surface area contributed by atoms with E-state index in [4.69, 9.17) is 0 Å². The number of nitrogens with zero attached hydrogens (tertiary/aromatic N) is 5. The lowest BCUT2D eigenvalue weighted by Crippen LogP contribution is -2.35. The maximum absolute atomic E-state index is 12.7. The van der Waals surface area contributed by atoms with Crippen molar-refractivity contribution in [3.63, 3.8) is 0 Å². The van der Waals surface area contributed by atoms with Crippen LogP contribution in [0, 0.1) is 5.92 Å². The quantitative estimate of drug-likeness (QED) is 0.884. The maximum atomic E-state index is 12.7. The van der Waals surface area contributed by atoms with Gasteiger partial charge in [-0.25, -0.2) is 9.97 Å². The highest BCUT2D eigenvalue weighted by atomic mass is 32.2. The second kappa shape index (κ2) is 7.82. The van der Waals surface area contributed by atoms with Crippen molar-refractivity contribution >= 4 is 34.5 Å². The van der Waals surface area contributed by atoms with Gasteiger partial charge >= 0.3 is 0 Å². The number of carbonyl (C=O) groups is 1. The van der Waals surface area contributed by atoms with E-state index in [9.17, 15) is 4.79 Å². The Kier molecular flexibility index (Phi) is 5.28. The number of fused-ring (bicyclic) bond motifs is 1. The minimum atomic E-state index is -0.184. The zero-order valence-electron chi connectivity index (χ0n) is 15.3. The number of hydrogen-bond acceptors (Lipinski definition) is 6. The molecule has 2 aromatic rings. The number of hydrogen-bond donors (Lipinski definition) is 1. The normalized spacial score (nSPS) is 19.0. The Morgan fingerprint density at radius 2 is 2.00 bits per heavy atom. The van der Waals surface area contributed by atoms with Gasteiger partial charge in [-0.1, -0.05) is 19.3 Å². The summed E-state index contributed by atoms with van der Waals surface area (Å²) < 4.78 is 1.74.